The number of pyridine rings is 1. The molecule has 1 atom stereocenters. The minimum atomic E-state index is -1.04. The van der Waals surface area contributed by atoms with Crippen molar-refractivity contribution in [1.29, 1.82) is 0 Å². The molecule has 140 valence electrons. The van der Waals surface area contributed by atoms with Crippen LogP contribution in [-0.2, 0) is 16.1 Å². The van der Waals surface area contributed by atoms with E-state index in [1.54, 1.807) is 41.1 Å². The number of rotatable bonds is 6. The molecule has 28 heavy (non-hydrogen) atoms. The largest absolute Gasteiger partial charge is 0.443 e. The van der Waals surface area contributed by atoms with Crippen molar-refractivity contribution >= 4 is 45.5 Å². The Hall–Kier alpha value is -3.03. The summed E-state index contributed by atoms with van der Waals surface area (Å²) in [5, 5.41) is 7.49. The van der Waals surface area contributed by atoms with Crippen molar-refractivity contribution in [3.05, 3.63) is 86.9 Å². The highest BCUT2D eigenvalue weighted by molar-refractivity contribution is 7.12. The van der Waals surface area contributed by atoms with Gasteiger partial charge in [-0.25, -0.2) is 4.79 Å². The van der Waals surface area contributed by atoms with Crippen LogP contribution in [0, 0.1) is 0 Å². The van der Waals surface area contributed by atoms with E-state index in [2.05, 4.69) is 10.3 Å². The molecule has 0 saturated carbocycles. The zero-order chi connectivity index (χ0) is 19.3. The van der Waals surface area contributed by atoms with E-state index in [0.717, 1.165) is 15.8 Å². The first-order valence-corrected chi connectivity index (χ1v) is 10.4. The maximum absolute atomic E-state index is 12.9. The highest BCUT2D eigenvalue weighted by Crippen LogP contribution is 2.25. The summed E-state index contributed by atoms with van der Waals surface area (Å²) in [6, 6.07) is 16.5. The maximum atomic E-state index is 12.9. The number of ether oxygens (including phenoxy) is 1. The van der Waals surface area contributed by atoms with Crippen LogP contribution in [0.3, 0.4) is 0 Å². The van der Waals surface area contributed by atoms with Gasteiger partial charge in [0, 0.05) is 22.0 Å². The summed E-state index contributed by atoms with van der Waals surface area (Å²) in [6.07, 6.45) is 0.670. The SMILES string of the molecule is O=C(O[C@@H](C(=O)NCc1cccs1)c1ccc2ncccc2c1)c1cccs1. The van der Waals surface area contributed by atoms with Crippen LogP contribution in [0.15, 0.2) is 71.6 Å². The first-order chi connectivity index (χ1) is 13.7. The molecule has 3 aromatic heterocycles. The van der Waals surface area contributed by atoms with Crippen LogP contribution < -0.4 is 5.32 Å². The third kappa shape index (κ3) is 4.11. The van der Waals surface area contributed by atoms with Crippen molar-refractivity contribution in [2.75, 3.05) is 0 Å². The van der Waals surface area contributed by atoms with E-state index in [-0.39, 0.29) is 5.91 Å². The summed E-state index contributed by atoms with van der Waals surface area (Å²) < 4.78 is 5.60. The van der Waals surface area contributed by atoms with Crippen LogP contribution in [0.5, 0.6) is 0 Å². The second-order valence-corrected chi connectivity index (χ2v) is 8.00. The molecule has 4 aromatic rings. The van der Waals surface area contributed by atoms with E-state index in [0.29, 0.717) is 17.0 Å². The molecule has 4 rings (SSSR count). The van der Waals surface area contributed by atoms with Gasteiger partial charge in [-0.1, -0.05) is 24.3 Å². The Balaban J connectivity index is 1.61. The van der Waals surface area contributed by atoms with Gasteiger partial charge in [0.15, 0.2) is 0 Å². The van der Waals surface area contributed by atoms with Crippen molar-refractivity contribution in [1.82, 2.24) is 10.3 Å². The topological polar surface area (TPSA) is 68.3 Å². The Morgan fingerprint density at radius 2 is 1.89 bits per heavy atom. The van der Waals surface area contributed by atoms with Crippen molar-refractivity contribution < 1.29 is 14.3 Å². The first kappa shape index (κ1) is 18.3. The van der Waals surface area contributed by atoms with E-state index in [1.165, 1.54) is 11.3 Å². The smallest absolute Gasteiger partial charge is 0.349 e. The molecule has 5 nitrogen and oxygen atoms in total. The third-order valence-corrected chi connectivity index (χ3v) is 5.86. The Kier molecular flexibility index (Phi) is 5.45. The maximum Gasteiger partial charge on any atom is 0.349 e. The van der Waals surface area contributed by atoms with Crippen LogP contribution in [-0.4, -0.2) is 16.9 Å². The second kappa shape index (κ2) is 8.33. The molecule has 0 bridgehead atoms. The zero-order valence-corrected chi connectivity index (χ0v) is 16.3. The lowest BCUT2D eigenvalue weighted by molar-refractivity contribution is -0.130. The van der Waals surface area contributed by atoms with Crippen molar-refractivity contribution in [2.45, 2.75) is 12.6 Å². The number of fused-ring (bicyclic) bond motifs is 1. The summed E-state index contributed by atoms with van der Waals surface area (Å²) in [5.41, 5.74) is 1.42. The molecular formula is C21H16N2O3S2. The molecule has 0 spiro atoms. The standard InChI is InChI=1S/C21H16N2O3S2/c24-20(23-13-16-5-2-10-27-16)19(26-21(25)18-6-3-11-28-18)15-7-8-17-14(12-15)4-1-9-22-17/h1-12,19H,13H2,(H,23,24)/t19-/m1/s1. The number of benzene rings is 1. The van der Waals surface area contributed by atoms with Gasteiger partial charge in [-0.3, -0.25) is 9.78 Å². The lowest BCUT2D eigenvalue weighted by atomic mass is 10.1. The molecule has 0 radical (unpaired) electrons. The van der Waals surface area contributed by atoms with Crippen LogP contribution in [0.25, 0.3) is 10.9 Å². The number of carbonyl (C=O) groups is 2. The summed E-state index contributed by atoms with van der Waals surface area (Å²) in [6.45, 7) is 0.388. The summed E-state index contributed by atoms with van der Waals surface area (Å²) >= 11 is 2.84. The van der Waals surface area contributed by atoms with Gasteiger partial charge in [-0.2, -0.15) is 0 Å². The quantitative estimate of drug-likeness (QED) is 0.475. The molecule has 0 fully saturated rings. The number of aromatic nitrogens is 1. The van der Waals surface area contributed by atoms with E-state index in [1.807, 2.05) is 41.8 Å². The van der Waals surface area contributed by atoms with Gasteiger partial charge in [0.2, 0.25) is 6.10 Å². The van der Waals surface area contributed by atoms with Crippen molar-refractivity contribution in [2.24, 2.45) is 0 Å². The van der Waals surface area contributed by atoms with Crippen LogP contribution in [0.4, 0.5) is 0 Å². The highest BCUT2D eigenvalue weighted by atomic mass is 32.1. The zero-order valence-electron chi connectivity index (χ0n) is 14.7. The Labute approximate surface area is 169 Å². The summed E-state index contributed by atoms with van der Waals surface area (Å²) in [7, 11) is 0. The number of esters is 1. The molecule has 1 N–H and O–H groups in total. The van der Waals surface area contributed by atoms with Gasteiger partial charge in [0.05, 0.1) is 12.1 Å². The fourth-order valence-electron chi connectivity index (χ4n) is 2.77. The Bertz CT molecular complexity index is 1090. The average molecular weight is 409 g/mol. The van der Waals surface area contributed by atoms with Gasteiger partial charge in [-0.15, -0.1) is 22.7 Å². The molecule has 7 heteroatoms. The highest BCUT2D eigenvalue weighted by Gasteiger charge is 2.26. The number of hydrogen-bond acceptors (Lipinski definition) is 6. The molecule has 0 aliphatic rings. The number of nitrogens with zero attached hydrogens (tertiary/aromatic N) is 1. The molecular weight excluding hydrogens is 392 g/mol. The normalized spacial score (nSPS) is 11.9. The molecule has 0 saturated heterocycles. The molecule has 0 unspecified atom stereocenters. The minimum Gasteiger partial charge on any atom is -0.443 e. The monoisotopic (exact) mass is 408 g/mol. The van der Waals surface area contributed by atoms with Gasteiger partial charge >= 0.3 is 5.97 Å². The van der Waals surface area contributed by atoms with E-state index in [4.69, 9.17) is 4.74 Å². The first-order valence-electron chi connectivity index (χ1n) is 8.60. The van der Waals surface area contributed by atoms with E-state index >= 15 is 0 Å². The molecule has 0 aliphatic heterocycles. The average Bonchev–Trinajstić information content (AvgIpc) is 3.44. The van der Waals surface area contributed by atoms with Crippen molar-refractivity contribution in [3.63, 3.8) is 0 Å². The van der Waals surface area contributed by atoms with Crippen molar-refractivity contribution in [3.8, 4) is 0 Å². The number of carbonyl (C=O) groups excluding carboxylic acids is 2. The van der Waals surface area contributed by atoms with Crippen LogP contribution in [0.1, 0.15) is 26.2 Å². The van der Waals surface area contributed by atoms with E-state index < -0.39 is 12.1 Å². The lowest BCUT2D eigenvalue weighted by Gasteiger charge is -2.18. The fourth-order valence-corrected chi connectivity index (χ4v) is 4.02. The van der Waals surface area contributed by atoms with Crippen LogP contribution in [0.2, 0.25) is 0 Å². The van der Waals surface area contributed by atoms with Gasteiger partial charge in [-0.05, 0) is 41.1 Å². The Morgan fingerprint density at radius 1 is 1.04 bits per heavy atom. The minimum absolute atomic E-state index is 0.360. The van der Waals surface area contributed by atoms with Gasteiger partial charge in [0.1, 0.15) is 4.88 Å². The van der Waals surface area contributed by atoms with Gasteiger partial charge < -0.3 is 10.1 Å². The second-order valence-electron chi connectivity index (χ2n) is 6.02. The predicted molar refractivity (Wildman–Crippen MR) is 110 cm³/mol. The molecule has 0 aliphatic carbocycles. The number of thiophene rings is 2. The number of hydrogen-bond donors (Lipinski definition) is 1. The summed E-state index contributed by atoms with van der Waals surface area (Å²) in [5.74, 6) is -0.876. The lowest BCUT2D eigenvalue weighted by Crippen LogP contribution is -2.31. The van der Waals surface area contributed by atoms with E-state index in [9.17, 15) is 9.59 Å². The molecule has 1 aromatic carbocycles. The fraction of sp³-hybridized carbons (Fsp3) is 0.0952. The number of amides is 1. The predicted octanol–water partition coefficient (Wildman–Crippen LogP) is 4.57. The third-order valence-electron chi connectivity index (χ3n) is 4.13. The molecule has 3 heterocycles. The van der Waals surface area contributed by atoms with Crippen LogP contribution >= 0.6 is 22.7 Å². The van der Waals surface area contributed by atoms with Gasteiger partial charge in [0.25, 0.3) is 5.91 Å². The number of nitrogens with one attached hydrogen (secondary N) is 1. The summed E-state index contributed by atoms with van der Waals surface area (Å²) in [4.78, 5) is 31.1. The Morgan fingerprint density at radius 3 is 2.68 bits per heavy atom. The molecule has 1 amide bonds.